The van der Waals surface area contributed by atoms with E-state index in [-0.39, 0.29) is 12.9 Å². The third-order valence-corrected chi connectivity index (χ3v) is 8.62. The van der Waals surface area contributed by atoms with Crippen LogP contribution in [0.4, 0.5) is 57.1 Å². The topological polar surface area (TPSA) is 9.72 Å². The van der Waals surface area contributed by atoms with Crippen LogP contribution in [-0.2, 0) is 0 Å². The summed E-state index contributed by atoms with van der Waals surface area (Å²) in [6.07, 6.45) is -30.1. The Morgan fingerprint density at radius 3 is 0.724 bits per heavy atom. The molecule has 29 heavy (non-hydrogen) atoms. The standard InChI is InChI=1S/C12H18F13N3S/c1-26(2)29(27(3)4,28(5)6)8(11(20,21)22,12(23,24)25)7(13,9(14,15)16)10(17,18)19/h1-6H3. The summed E-state index contributed by atoms with van der Waals surface area (Å²) in [5.74, 6) is 0. The van der Waals surface area contributed by atoms with Crippen LogP contribution < -0.4 is 0 Å². The van der Waals surface area contributed by atoms with Crippen molar-refractivity contribution >= 4 is 10.6 Å². The average Bonchev–Trinajstić information content (AvgIpc) is 2.36. The van der Waals surface area contributed by atoms with E-state index in [2.05, 4.69) is 0 Å². The molecular formula is C12H18F13N3S. The number of hydrogen-bond donors (Lipinski definition) is 0. The normalized spacial score (nSPS) is 16.9. The van der Waals surface area contributed by atoms with Gasteiger partial charge in [0.2, 0.25) is 0 Å². The molecule has 0 N–H and O–H groups in total. The van der Waals surface area contributed by atoms with E-state index in [9.17, 15) is 57.1 Å². The van der Waals surface area contributed by atoms with Crippen LogP contribution in [0.15, 0.2) is 0 Å². The van der Waals surface area contributed by atoms with E-state index in [0.717, 1.165) is 0 Å². The lowest BCUT2D eigenvalue weighted by Gasteiger charge is -2.66. The Hall–Kier alpha value is -0.680. The van der Waals surface area contributed by atoms with Gasteiger partial charge in [-0.1, -0.05) is 0 Å². The van der Waals surface area contributed by atoms with Crippen molar-refractivity contribution in [3.8, 4) is 0 Å². The van der Waals surface area contributed by atoms with Crippen LogP contribution in [0.2, 0.25) is 0 Å². The first-order valence-electron chi connectivity index (χ1n) is 7.14. The van der Waals surface area contributed by atoms with Gasteiger partial charge in [0, 0.05) is 0 Å². The second-order valence-electron chi connectivity index (χ2n) is 6.29. The summed E-state index contributed by atoms with van der Waals surface area (Å²) in [4.78, 5) is 0. The molecule has 0 fully saturated rings. The molecule has 0 amide bonds. The molecule has 0 saturated heterocycles. The highest BCUT2D eigenvalue weighted by atomic mass is 32.3. The van der Waals surface area contributed by atoms with Crippen molar-refractivity contribution in [2.75, 3.05) is 42.3 Å². The monoisotopic (exact) mass is 483 g/mol. The maximum atomic E-state index is 14.9. The smallest absolute Gasteiger partial charge is 0.250 e. The molecule has 0 saturated carbocycles. The zero-order chi connectivity index (χ0) is 24.2. The molecule has 0 radical (unpaired) electrons. The Labute approximate surface area is 159 Å². The van der Waals surface area contributed by atoms with Gasteiger partial charge in [-0.15, -0.1) is 0 Å². The lowest BCUT2D eigenvalue weighted by atomic mass is 9.85. The van der Waals surface area contributed by atoms with Gasteiger partial charge in [0.15, 0.2) is 0 Å². The third kappa shape index (κ3) is 3.44. The van der Waals surface area contributed by atoms with E-state index in [1.54, 1.807) is 0 Å². The molecule has 0 aliphatic heterocycles. The molecular weight excluding hydrogens is 465 g/mol. The van der Waals surface area contributed by atoms with E-state index in [4.69, 9.17) is 0 Å². The molecule has 17 heteroatoms. The Morgan fingerprint density at radius 1 is 0.414 bits per heavy atom. The molecule has 0 aromatic heterocycles. The summed E-state index contributed by atoms with van der Waals surface area (Å²) in [7, 11) is -3.27. The maximum Gasteiger partial charge on any atom is 0.433 e. The predicted octanol–water partition coefficient (Wildman–Crippen LogP) is 4.92. The molecule has 0 aromatic carbocycles. The SMILES string of the molecule is CN(C)S(N(C)C)(N(C)C)C(C(F)(F)F)(C(F)(F)F)C(F)(C(F)(F)F)C(F)(F)F. The third-order valence-electron chi connectivity index (χ3n) is 4.00. The molecule has 0 rings (SSSR count). The highest BCUT2D eigenvalue weighted by Crippen LogP contribution is 2.80. The van der Waals surface area contributed by atoms with E-state index in [1.807, 2.05) is 0 Å². The molecule has 3 nitrogen and oxygen atoms in total. The molecule has 0 bridgehead atoms. The first-order chi connectivity index (χ1) is 12.3. The molecule has 0 atom stereocenters. The van der Waals surface area contributed by atoms with Crippen molar-refractivity contribution in [3.05, 3.63) is 0 Å². The Bertz CT molecular complexity index is 520. The van der Waals surface area contributed by atoms with E-state index in [1.165, 1.54) is 0 Å². The van der Waals surface area contributed by atoms with Gasteiger partial charge in [0.25, 0.3) is 4.75 Å². The number of rotatable bonds is 5. The fourth-order valence-corrected chi connectivity index (χ4v) is 8.24. The van der Waals surface area contributed by atoms with Gasteiger partial charge < -0.3 is 0 Å². The highest BCUT2D eigenvalue weighted by molar-refractivity contribution is 8.29. The van der Waals surface area contributed by atoms with E-state index < -0.39 is 45.7 Å². The predicted molar refractivity (Wildman–Crippen MR) is 79.4 cm³/mol. The zero-order valence-electron chi connectivity index (χ0n) is 15.7. The molecule has 0 aromatic rings. The van der Waals surface area contributed by atoms with Gasteiger partial charge in [-0.2, -0.15) is 52.7 Å². The second kappa shape index (κ2) is 7.47. The fourth-order valence-electron chi connectivity index (χ4n) is 3.41. The Kier molecular flexibility index (Phi) is 7.30. The summed E-state index contributed by atoms with van der Waals surface area (Å²) in [6.45, 7) is 0. The largest absolute Gasteiger partial charge is 0.433 e. The van der Waals surface area contributed by atoms with Gasteiger partial charge in [-0.3, -0.25) is 0 Å². The average molecular weight is 483 g/mol. The second-order valence-corrected chi connectivity index (χ2v) is 10.1. The van der Waals surface area contributed by atoms with Crippen molar-refractivity contribution in [3.63, 3.8) is 0 Å². The number of nitrogens with zero attached hydrogens (tertiary/aromatic N) is 3. The van der Waals surface area contributed by atoms with Crippen LogP contribution >= 0.6 is 10.6 Å². The Balaban J connectivity index is 8.43. The maximum absolute atomic E-state index is 14.9. The van der Waals surface area contributed by atoms with Crippen LogP contribution in [0.1, 0.15) is 0 Å². The lowest BCUT2D eigenvalue weighted by molar-refractivity contribution is -0.412. The fraction of sp³-hybridized carbons (Fsp3) is 1.00. The number of halogens is 13. The van der Waals surface area contributed by atoms with E-state index >= 15 is 0 Å². The van der Waals surface area contributed by atoms with Crippen LogP contribution in [-0.4, -0.2) is 90.3 Å². The van der Waals surface area contributed by atoms with Crippen molar-refractivity contribution in [1.82, 2.24) is 12.9 Å². The minimum Gasteiger partial charge on any atom is -0.250 e. The van der Waals surface area contributed by atoms with Crippen LogP contribution in [0, 0.1) is 0 Å². The number of hydrogen-bond acceptors (Lipinski definition) is 3. The zero-order valence-corrected chi connectivity index (χ0v) is 16.5. The van der Waals surface area contributed by atoms with Crippen molar-refractivity contribution < 1.29 is 57.1 Å². The van der Waals surface area contributed by atoms with Crippen LogP contribution in [0.25, 0.3) is 0 Å². The van der Waals surface area contributed by atoms with Gasteiger partial charge in [0.05, 0.1) is 0 Å². The minimum atomic E-state index is -7.75. The van der Waals surface area contributed by atoms with Gasteiger partial charge in [0.1, 0.15) is 0 Å². The quantitative estimate of drug-likeness (QED) is 0.515. The van der Waals surface area contributed by atoms with Crippen LogP contribution in [0.5, 0.6) is 0 Å². The molecule has 0 unspecified atom stereocenters. The van der Waals surface area contributed by atoms with Crippen molar-refractivity contribution in [1.29, 1.82) is 0 Å². The summed E-state index contributed by atoms with van der Waals surface area (Å²) in [5.41, 5.74) is -7.75. The lowest BCUT2D eigenvalue weighted by Crippen LogP contribution is -2.83. The van der Waals surface area contributed by atoms with Crippen molar-refractivity contribution in [2.24, 2.45) is 0 Å². The molecule has 0 spiro atoms. The highest BCUT2D eigenvalue weighted by Gasteiger charge is 2.99. The van der Waals surface area contributed by atoms with Crippen LogP contribution in [0.3, 0.4) is 0 Å². The van der Waals surface area contributed by atoms with E-state index in [0.29, 0.717) is 42.3 Å². The number of alkyl halides is 13. The van der Waals surface area contributed by atoms with Crippen molar-refractivity contribution in [2.45, 2.75) is 35.1 Å². The summed E-state index contributed by atoms with van der Waals surface area (Å²) in [6, 6.07) is 0. The van der Waals surface area contributed by atoms with Gasteiger partial charge in [-0.05, 0) is 52.9 Å². The first-order valence-corrected chi connectivity index (χ1v) is 8.65. The summed E-state index contributed by atoms with van der Waals surface area (Å²) < 4.78 is 172. The molecule has 0 aliphatic rings. The summed E-state index contributed by atoms with van der Waals surface area (Å²) >= 11 is 0. The summed E-state index contributed by atoms with van der Waals surface area (Å²) in [5, 5.41) is 0. The first kappa shape index (κ1) is 28.3. The molecule has 0 aliphatic carbocycles. The van der Waals surface area contributed by atoms with Gasteiger partial charge >= 0.3 is 30.4 Å². The molecule has 178 valence electrons. The van der Waals surface area contributed by atoms with Gasteiger partial charge in [-0.25, -0.2) is 17.3 Å². The Morgan fingerprint density at radius 2 is 0.621 bits per heavy atom. The molecule has 0 heterocycles. The minimum absolute atomic E-state index is 0.125.